The first kappa shape index (κ1) is 30.3. The molecule has 0 N–H and O–H groups in total. The van der Waals surface area contributed by atoms with Gasteiger partial charge in [-0.1, -0.05) is 161 Å². The van der Waals surface area contributed by atoms with Gasteiger partial charge >= 0.3 is 0 Å². The smallest absolute Gasteiger partial charge is 0.0162 e. The van der Waals surface area contributed by atoms with Crippen LogP contribution in [0.1, 0.15) is 99.8 Å². The van der Waals surface area contributed by atoms with E-state index in [0.717, 1.165) is 23.7 Å². The van der Waals surface area contributed by atoms with E-state index in [1.165, 1.54) is 109 Å². The minimum Gasteiger partial charge on any atom is -0.0625 e. The summed E-state index contributed by atoms with van der Waals surface area (Å²) < 4.78 is 0. The summed E-state index contributed by atoms with van der Waals surface area (Å²) in [5, 5.41) is 0. The first-order valence-electron chi connectivity index (χ1n) is 16.8. The van der Waals surface area contributed by atoms with Crippen molar-refractivity contribution in [2.75, 3.05) is 0 Å². The second-order valence-electron chi connectivity index (χ2n) is 13.7. The molecular formula is C42H52. The van der Waals surface area contributed by atoms with E-state index in [2.05, 4.69) is 125 Å². The van der Waals surface area contributed by atoms with Crippen LogP contribution in [0.4, 0.5) is 0 Å². The average molecular weight is 557 g/mol. The van der Waals surface area contributed by atoms with E-state index in [4.69, 9.17) is 0 Å². The summed E-state index contributed by atoms with van der Waals surface area (Å²) in [4.78, 5) is 0. The predicted molar refractivity (Wildman–Crippen MR) is 183 cm³/mol. The van der Waals surface area contributed by atoms with Gasteiger partial charge in [0.1, 0.15) is 0 Å². The molecule has 42 heavy (non-hydrogen) atoms. The molecule has 2 aliphatic carbocycles. The highest BCUT2D eigenvalue weighted by Gasteiger charge is 2.20. The second-order valence-corrected chi connectivity index (χ2v) is 13.7. The highest BCUT2D eigenvalue weighted by molar-refractivity contribution is 5.64. The van der Waals surface area contributed by atoms with E-state index in [1.54, 1.807) is 0 Å². The molecule has 2 fully saturated rings. The summed E-state index contributed by atoms with van der Waals surface area (Å²) in [6, 6.07) is 36.1. The SMILES string of the molecule is Cc1ccc(-c2ccc(C3CCC(C)CC3)cc2)cc1.Cc1ccc(-c2ccc(CCC3CCC(C)CC3)cc2)cc1. The Morgan fingerprint density at radius 2 is 0.833 bits per heavy atom. The lowest BCUT2D eigenvalue weighted by molar-refractivity contribution is 0.278. The Morgan fingerprint density at radius 3 is 1.29 bits per heavy atom. The van der Waals surface area contributed by atoms with Crippen molar-refractivity contribution in [1.29, 1.82) is 0 Å². The van der Waals surface area contributed by atoms with Gasteiger partial charge in [0.2, 0.25) is 0 Å². The van der Waals surface area contributed by atoms with Gasteiger partial charge < -0.3 is 0 Å². The number of benzene rings is 4. The van der Waals surface area contributed by atoms with Crippen molar-refractivity contribution in [2.45, 2.75) is 97.8 Å². The van der Waals surface area contributed by atoms with Crippen LogP contribution in [0.2, 0.25) is 0 Å². The van der Waals surface area contributed by atoms with Gasteiger partial charge in [0, 0.05) is 0 Å². The second kappa shape index (κ2) is 14.9. The van der Waals surface area contributed by atoms with Crippen LogP contribution >= 0.6 is 0 Å². The third-order valence-electron chi connectivity index (χ3n) is 10.1. The van der Waals surface area contributed by atoms with Gasteiger partial charge in [0.25, 0.3) is 0 Å². The van der Waals surface area contributed by atoms with Crippen LogP contribution < -0.4 is 0 Å². The van der Waals surface area contributed by atoms with Crippen LogP contribution in [0.25, 0.3) is 22.3 Å². The van der Waals surface area contributed by atoms with Crippen molar-refractivity contribution < 1.29 is 0 Å². The standard InChI is InChI=1S/C22H28.C20H24/c1-17-3-7-19(8-4-17)9-10-20-11-15-22(16-12-20)21-13-5-18(2)6-14-21;1-15-3-7-17(8-4-15)19-11-13-20(14-12-19)18-9-5-16(2)6-10-18/h5-6,11-17,19H,3-4,7-10H2,1-2H3;3-4,7-8,11-14,16,18H,5-6,9-10H2,1-2H3. The number of hydrogen-bond acceptors (Lipinski definition) is 0. The van der Waals surface area contributed by atoms with Crippen LogP contribution in [0, 0.1) is 31.6 Å². The Morgan fingerprint density at radius 1 is 0.452 bits per heavy atom. The summed E-state index contributed by atoms with van der Waals surface area (Å²) in [5.74, 6) is 3.65. The van der Waals surface area contributed by atoms with Crippen LogP contribution in [0.15, 0.2) is 97.1 Å². The maximum atomic E-state index is 2.40. The van der Waals surface area contributed by atoms with Crippen LogP contribution in [0.5, 0.6) is 0 Å². The number of aryl methyl sites for hydroxylation is 3. The molecule has 220 valence electrons. The zero-order valence-electron chi connectivity index (χ0n) is 26.6. The zero-order chi connectivity index (χ0) is 29.3. The lowest BCUT2D eigenvalue weighted by Gasteiger charge is -2.26. The molecule has 2 aliphatic rings. The predicted octanol–water partition coefficient (Wildman–Crippen LogP) is 12.4. The molecule has 4 aromatic carbocycles. The minimum absolute atomic E-state index is 0.790. The topological polar surface area (TPSA) is 0 Å². The van der Waals surface area contributed by atoms with Crippen molar-refractivity contribution in [3.63, 3.8) is 0 Å². The molecular weight excluding hydrogens is 504 g/mol. The molecule has 0 radical (unpaired) electrons. The Kier molecular flexibility index (Phi) is 10.7. The van der Waals surface area contributed by atoms with E-state index in [9.17, 15) is 0 Å². The molecule has 0 atom stereocenters. The minimum atomic E-state index is 0.790. The van der Waals surface area contributed by atoms with Crippen LogP contribution in [-0.4, -0.2) is 0 Å². The maximum Gasteiger partial charge on any atom is -0.0162 e. The highest BCUT2D eigenvalue weighted by atomic mass is 14.2. The molecule has 0 saturated heterocycles. The van der Waals surface area contributed by atoms with E-state index in [1.807, 2.05) is 0 Å². The molecule has 6 rings (SSSR count). The molecule has 0 unspecified atom stereocenters. The van der Waals surface area contributed by atoms with Crippen LogP contribution in [-0.2, 0) is 6.42 Å². The van der Waals surface area contributed by atoms with Crippen molar-refractivity contribution in [1.82, 2.24) is 0 Å². The third-order valence-corrected chi connectivity index (χ3v) is 10.1. The number of hydrogen-bond donors (Lipinski definition) is 0. The van der Waals surface area contributed by atoms with Gasteiger partial charge in [-0.15, -0.1) is 0 Å². The monoisotopic (exact) mass is 556 g/mol. The Balaban J connectivity index is 0.000000169. The third kappa shape index (κ3) is 8.70. The maximum absolute atomic E-state index is 2.40. The molecule has 4 aromatic rings. The fraction of sp³-hybridized carbons (Fsp3) is 0.429. The number of rotatable bonds is 6. The van der Waals surface area contributed by atoms with Crippen LogP contribution in [0.3, 0.4) is 0 Å². The van der Waals surface area contributed by atoms with Gasteiger partial charge in [-0.3, -0.25) is 0 Å². The molecule has 0 bridgehead atoms. The quantitative estimate of drug-likeness (QED) is 0.221. The molecule has 0 heterocycles. The largest absolute Gasteiger partial charge is 0.0625 e. The summed E-state index contributed by atoms with van der Waals surface area (Å²) in [7, 11) is 0. The van der Waals surface area contributed by atoms with Gasteiger partial charge in [-0.25, -0.2) is 0 Å². The van der Waals surface area contributed by atoms with E-state index in [0.29, 0.717) is 0 Å². The Hall–Kier alpha value is -3.12. The van der Waals surface area contributed by atoms with Gasteiger partial charge in [0.05, 0.1) is 0 Å². The molecule has 2 saturated carbocycles. The molecule has 0 heteroatoms. The Labute approximate surface area is 256 Å². The highest BCUT2D eigenvalue weighted by Crippen LogP contribution is 2.36. The zero-order valence-corrected chi connectivity index (χ0v) is 26.6. The molecule has 0 aromatic heterocycles. The molecule has 0 spiro atoms. The van der Waals surface area contributed by atoms with Gasteiger partial charge in [0.15, 0.2) is 0 Å². The summed E-state index contributed by atoms with van der Waals surface area (Å²) >= 11 is 0. The Bertz CT molecular complexity index is 1330. The van der Waals surface area contributed by atoms with Crippen molar-refractivity contribution >= 4 is 0 Å². The van der Waals surface area contributed by atoms with E-state index < -0.39 is 0 Å². The van der Waals surface area contributed by atoms with E-state index in [-0.39, 0.29) is 0 Å². The average Bonchev–Trinajstić information content (AvgIpc) is 3.03. The van der Waals surface area contributed by atoms with E-state index >= 15 is 0 Å². The first-order valence-corrected chi connectivity index (χ1v) is 16.8. The fourth-order valence-corrected chi connectivity index (χ4v) is 6.89. The molecule has 0 aliphatic heterocycles. The summed E-state index contributed by atoms with van der Waals surface area (Å²) in [5.41, 5.74) is 11.0. The van der Waals surface area contributed by atoms with Crippen molar-refractivity contribution in [3.8, 4) is 22.3 Å². The fourth-order valence-electron chi connectivity index (χ4n) is 6.89. The van der Waals surface area contributed by atoms with Gasteiger partial charge in [-0.05, 0) is 96.6 Å². The van der Waals surface area contributed by atoms with Gasteiger partial charge in [-0.2, -0.15) is 0 Å². The summed E-state index contributed by atoms with van der Waals surface area (Å²) in [6.07, 6.45) is 13.9. The first-order chi connectivity index (χ1) is 20.4. The lowest BCUT2D eigenvalue weighted by Crippen LogP contribution is -2.12. The van der Waals surface area contributed by atoms with Crippen molar-refractivity contribution in [3.05, 3.63) is 119 Å². The van der Waals surface area contributed by atoms with Crippen molar-refractivity contribution in [2.24, 2.45) is 17.8 Å². The lowest BCUT2D eigenvalue weighted by atomic mass is 9.79. The molecule has 0 amide bonds. The normalized spacial score (nSPS) is 22.2. The molecule has 0 nitrogen and oxygen atoms in total. The summed E-state index contributed by atoms with van der Waals surface area (Å²) in [6.45, 7) is 9.06.